The molecule has 2 N–H and O–H groups in total. The van der Waals surface area contributed by atoms with E-state index in [2.05, 4.69) is 10.3 Å². The van der Waals surface area contributed by atoms with Gasteiger partial charge in [0.25, 0.3) is 5.91 Å². The number of hydrogen-bond donors (Lipinski definition) is 2. The second-order valence-electron chi connectivity index (χ2n) is 4.40. The van der Waals surface area contributed by atoms with E-state index in [1.54, 1.807) is 6.92 Å². The molecule has 1 atom stereocenters. The summed E-state index contributed by atoms with van der Waals surface area (Å²) in [6.45, 7) is 3.35. The molecule has 0 aliphatic carbocycles. The normalized spacial score (nSPS) is 18.6. The molecule has 1 aliphatic heterocycles. The Bertz CT molecular complexity index is 506. The van der Waals surface area contributed by atoms with Crippen molar-refractivity contribution in [1.29, 1.82) is 0 Å². The van der Waals surface area contributed by atoms with Gasteiger partial charge in [-0.15, -0.1) is 0 Å². The van der Waals surface area contributed by atoms with Crippen molar-refractivity contribution in [1.82, 2.24) is 15.2 Å². The number of nitrogens with one attached hydrogen (secondary N) is 1. The predicted octanol–water partition coefficient (Wildman–Crippen LogP) is -0.236. The van der Waals surface area contributed by atoms with E-state index in [4.69, 9.17) is 4.74 Å². The first-order chi connectivity index (χ1) is 9.63. The SMILES string of the molecule is CCOC(=O)C1CNCCN1C(=O)c1cncc(O)c1. The van der Waals surface area contributed by atoms with Gasteiger partial charge >= 0.3 is 5.97 Å². The van der Waals surface area contributed by atoms with Gasteiger partial charge in [-0.3, -0.25) is 9.78 Å². The Labute approximate surface area is 116 Å². The van der Waals surface area contributed by atoms with Gasteiger partial charge in [-0.2, -0.15) is 0 Å². The lowest BCUT2D eigenvalue weighted by atomic mass is 10.1. The molecule has 2 heterocycles. The second-order valence-corrected chi connectivity index (χ2v) is 4.40. The van der Waals surface area contributed by atoms with E-state index in [0.717, 1.165) is 0 Å². The van der Waals surface area contributed by atoms with Crippen molar-refractivity contribution in [3.05, 3.63) is 24.0 Å². The minimum Gasteiger partial charge on any atom is -0.506 e. The maximum absolute atomic E-state index is 12.4. The van der Waals surface area contributed by atoms with E-state index in [1.807, 2.05) is 0 Å². The van der Waals surface area contributed by atoms with Crippen molar-refractivity contribution in [3.8, 4) is 5.75 Å². The highest BCUT2D eigenvalue weighted by molar-refractivity contribution is 5.97. The molecule has 1 amide bonds. The van der Waals surface area contributed by atoms with Crippen LogP contribution in [0.4, 0.5) is 0 Å². The number of aromatic hydroxyl groups is 1. The van der Waals surface area contributed by atoms with Gasteiger partial charge in [0.05, 0.1) is 18.4 Å². The van der Waals surface area contributed by atoms with Gasteiger partial charge < -0.3 is 20.1 Å². The number of hydrogen-bond acceptors (Lipinski definition) is 6. The van der Waals surface area contributed by atoms with Gasteiger partial charge in [0, 0.05) is 25.8 Å². The molecule has 20 heavy (non-hydrogen) atoms. The molecule has 0 aromatic carbocycles. The molecule has 1 aromatic heterocycles. The molecule has 1 fully saturated rings. The first-order valence-electron chi connectivity index (χ1n) is 6.45. The third-order valence-corrected chi connectivity index (χ3v) is 3.03. The van der Waals surface area contributed by atoms with Crippen molar-refractivity contribution in [2.45, 2.75) is 13.0 Å². The highest BCUT2D eigenvalue weighted by Crippen LogP contribution is 2.14. The Morgan fingerprint density at radius 1 is 1.55 bits per heavy atom. The fraction of sp³-hybridized carbons (Fsp3) is 0.462. The van der Waals surface area contributed by atoms with Crippen LogP contribution in [-0.2, 0) is 9.53 Å². The zero-order valence-electron chi connectivity index (χ0n) is 11.2. The van der Waals surface area contributed by atoms with E-state index < -0.39 is 12.0 Å². The molecule has 0 bridgehead atoms. The monoisotopic (exact) mass is 279 g/mol. The third-order valence-electron chi connectivity index (χ3n) is 3.03. The topological polar surface area (TPSA) is 91.8 Å². The maximum atomic E-state index is 12.4. The van der Waals surface area contributed by atoms with E-state index in [9.17, 15) is 14.7 Å². The predicted molar refractivity (Wildman–Crippen MR) is 70.2 cm³/mol. The number of ether oxygens (including phenoxy) is 1. The van der Waals surface area contributed by atoms with Crippen molar-refractivity contribution in [2.24, 2.45) is 0 Å². The van der Waals surface area contributed by atoms with Crippen LogP contribution in [0.5, 0.6) is 5.75 Å². The number of piperazine rings is 1. The summed E-state index contributed by atoms with van der Waals surface area (Å²) in [5.41, 5.74) is 0.251. The Morgan fingerprint density at radius 2 is 2.35 bits per heavy atom. The van der Waals surface area contributed by atoms with Crippen molar-refractivity contribution in [3.63, 3.8) is 0 Å². The number of carbonyl (C=O) groups excluding carboxylic acids is 2. The Hall–Kier alpha value is -2.15. The van der Waals surface area contributed by atoms with Gasteiger partial charge in [0.15, 0.2) is 0 Å². The van der Waals surface area contributed by atoms with Crippen molar-refractivity contribution in [2.75, 3.05) is 26.2 Å². The molecule has 0 radical (unpaired) electrons. The Kier molecular flexibility index (Phi) is 4.52. The van der Waals surface area contributed by atoms with Gasteiger partial charge in [0.1, 0.15) is 11.8 Å². The van der Waals surface area contributed by atoms with E-state index in [-0.39, 0.29) is 23.8 Å². The summed E-state index contributed by atoms with van der Waals surface area (Å²) in [7, 11) is 0. The highest BCUT2D eigenvalue weighted by Gasteiger charge is 2.33. The quantitative estimate of drug-likeness (QED) is 0.742. The number of aromatic nitrogens is 1. The first-order valence-corrected chi connectivity index (χ1v) is 6.45. The number of rotatable bonds is 3. The molecule has 1 saturated heterocycles. The average molecular weight is 279 g/mol. The third kappa shape index (κ3) is 3.05. The average Bonchev–Trinajstić information content (AvgIpc) is 2.47. The molecule has 1 unspecified atom stereocenters. The Balaban J connectivity index is 2.19. The largest absolute Gasteiger partial charge is 0.506 e. The zero-order chi connectivity index (χ0) is 14.5. The summed E-state index contributed by atoms with van der Waals surface area (Å²) in [4.78, 5) is 29.5. The maximum Gasteiger partial charge on any atom is 0.330 e. The summed E-state index contributed by atoms with van der Waals surface area (Å²) in [5.74, 6) is -0.854. The van der Waals surface area contributed by atoms with Gasteiger partial charge in [0.2, 0.25) is 0 Å². The van der Waals surface area contributed by atoms with E-state index in [0.29, 0.717) is 19.6 Å². The molecule has 108 valence electrons. The summed E-state index contributed by atoms with van der Waals surface area (Å²) in [5, 5.41) is 12.4. The van der Waals surface area contributed by atoms with Crippen LogP contribution in [0.3, 0.4) is 0 Å². The number of amides is 1. The second kappa shape index (κ2) is 6.33. The molecule has 2 rings (SSSR count). The summed E-state index contributed by atoms with van der Waals surface area (Å²) in [6.07, 6.45) is 2.61. The standard InChI is InChI=1S/C13H17N3O4/c1-2-20-13(19)11-8-14-3-4-16(11)12(18)9-5-10(17)7-15-6-9/h5-7,11,14,17H,2-4,8H2,1H3. The fourth-order valence-electron chi connectivity index (χ4n) is 2.11. The van der Waals surface area contributed by atoms with Crippen LogP contribution < -0.4 is 5.32 Å². The first kappa shape index (κ1) is 14.3. The number of pyridine rings is 1. The van der Waals surface area contributed by atoms with Crippen LogP contribution in [-0.4, -0.2) is 59.1 Å². The molecular formula is C13H17N3O4. The lowest BCUT2D eigenvalue weighted by molar-refractivity contribution is -0.149. The number of carbonyl (C=O) groups is 2. The lowest BCUT2D eigenvalue weighted by Gasteiger charge is -2.34. The molecular weight excluding hydrogens is 262 g/mol. The van der Waals surface area contributed by atoms with E-state index >= 15 is 0 Å². The molecule has 0 spiro atoms. The van der Waals surface area contributed by atoms with Gasteiger partial charge in [-0.25, -0.2) is 4.79 Å². The Morgan fingerprint density at radius 3 is 3.05 bits per heavy atom. The van der Waals surface area contributed by atoms with Crippen LogP contribution in [0.15, 0.2) is 18.5 Å². The zero-order valence-corrected chi connectivity index (χ0v) is 11.2. The van der Waals surface area contributed by atoms with Gasteiger partial charge in [-0.05, 0) is 13.0 Å². The fourth-order valence-corrected chi connectivity index (χ4v) is 2.11. The van der Waals surface area contributed by atoms with Crippen LogP contribution in [0.1, 0.15) is 17.3 Å². The molecule has 7 nitrogen and oxygen atoms in total. The number of esters is 1. The summed E-state index contributed by atoms with van der Waals surface area (Å²) in [6, 6.07) is 0.679. The minimum absolute atomic E-state index is 0.0846. The van der Waals surface area contributed by atoms with Crippen LogP contribution in [0.2, 0.25) is 0 Å². The molecule has 1 aromatic rings. The minimum atomic E-state index is -0.654. The lowest BCUT2D eigenvalue weighted by Crippen LogP contribution is -2.57. The molecule has 0 saturated carbocycles. The van der Waals surface area contributed by atoms with Crippen molar-refractivity contribution < 1.29 is 19.4 Å². The summed E-state index contributed by atoms with van der Waals surface area (Å²) >= 11 is 0. The van der Waals surface area contributed by atoms with E-state index in [1.165, 1.54) is 23.4 Å². The van der Waals surface area contributed by atoms with Crippen LogP contribution >= 0.6 is 0 Å². The number of nitrogens with zero attached hydrogens (tertiary/aromatic N) is 2. The van der Waals surface area contributed by atoms with Crippen LogP contribution in [0, 0.1) is 0 Å². The van der Waals surface area contributed by atoms with Crippen molar-refractivity contribution >= 4 is 11.9 Å². The van der Waals surface area contributed by atoms with Crippen LogP contribution in [0.25, 0.3) is 0 Å². The highest BCUT2D eigenvalue weighted by atomic mass is 16.5. The smallest absolute Gasteiger partial charge is 0.330 e. The molecule has 1 aliphatic rings. The molecule has 7 heteroatoms. The van der Waals surface area contributed by atoms with Gasteiger partial charge in [-0.1, -0.05) is 0 Å². The summed E-state index contributed by atoms with van der Waals surface area (Å²) < 4.78 is 4.98.